The zero-order valence-electron chi connectivity index (χ0n) is 9.01. The number of anilines is 1. The molecule has 1 aliphatic heterocycles. The first-order chi connectivity index (χ1) is 7.74. The Hall–Kier alpha value is -1.23. The molecule has 0 spiro atoms. The van der Waals surface area contributed by atoms with Gasteiger partial charge in [-0.05, 0) is 24.7 Å². The molecule has 3 atom stereocenters. The summed E-state index contributed by atoms with van der Waals surface area (Å²) in [7, 11) is 0. The van der Waals surface area contributed by atoms with Gasteiger partial charge in [-0.3, -0.25) is 0 Å². The highest BCUT2D eigenvalue weighted by Gasteiger charge is 2.40. The number of hydrogen-bond donors (Lipinski definition) is 1. The Labute approximate surface area is 93.7 Å². The van der Waals surface area contributed by atoms with E-state index in [1.165, 1.54) is 25.2 Å². The Morgan fingerprint density at radius 1 is 1.19 bits per heavy atom. The van der Waals surface area contributed by atoms with E-state index < -0.39 is 0 Å². The Balaban J connectivity index is 1.80. The fourth-order valence-corrected chi connectivity index (χ4v) is 2.90. The minimum atomic E-state index is -0.388. The highest BCUT2D eigenvalue weighted by atomic mass is 19.1. The molecule has 1 saturated carbocycles. The molecule has 0 radical (unpaired) electrons. The molecular weight excluding hydrogens is 207 g/mol. The number of hydrogen-bond acceptors (Lipinski definition) is 4. The fourth-order valence-electron chi connectivity index (χ4n) is 2.90. The Morgan fingerprint density at radius 3 is 2.31 bits per heavy atom. The fraction of sp³-hybridized carbons (Fsp3) is 0.636. The lowest BCUT2D eigenvalue weighted by molar-refractivity contribution is 0.353. The molecule has 2 aliphatic rings. The van der Waals surface area contributed by atoms with Gasteiger partial charge in [-0.15, -0.1) is 0 Å². The Bertz CT molecular complexity index is 366. The van der Waals surface area contributed by atoms with Crippen molar-refractivity contribution in [1.82, 2.24) is 9.97 Å². The first kappa shape index (κ1) is 9.96. The van der Waals surface area contributed by atoms with Crippen LogP contribution in [0.3, 0.4) is 0 Å². The minimum Gasteiger partial charge on any atom is -0.340 e. The van der Waals surface area contributed by atoms with E-state index in [2.05, 4.69) is 14.9 Å². The maximum Gasteiger partial charge on any atom is 0.225 e. The molecule has 2 fully saturated rings. The topological polar surface area (TPSA) is 55.0 Å². The van der Waals surface area contributed by atoms with Crippen molar-refractivity contribution in [2.24, 2.45) is 17.6 Å². The second-order valence-electron chi connectivity index (χ2n) is 4.78. The summed E-state index contributed by atoms with van der Waals surface area (Å²) in [6.45, 7) is 1.81. The van der Waals surface area contributed by atoms with Crippen LogP contribution < -0.4 is 10.6 Å². The molecule has 2 heterocycles. The maximum atomic E-state index is 12.7. The van der Waals surface area contributed by atoms with Crippen LogP contribution in [-0.4, -0.2) is 29.1 Å². The number of fused-ring (bicyclic) bond motifs is 2. The second kappa shape index (κ2) is 3.66. The van der Waals surface area contributed by atoms with E-state index in [4.69, 9.17) is 5.73 Å². The summed E-state index contributed by atoms with van der Waals surface area (Å²) in [5, 5.41) is 0. The zero-order valence-corrected chi connectivity index (χ0v) is 9.01. The van der Waals surface area contributed by atoms with Crippen molar-refractivity contribution in [3.8, 4) is 0 Å². The van der Waals surface area contributed by atoms with Crippen molar-refractivity contribution in [3.63, 3.8) is 0 Å². The van der Waals surface area contributed by atoms with Gasteiger partial charge in [0, 0.05) is 19.1 Å². The average molecular weight is 222 g/mol. The van der Waals surface area contributed by atoms with Crippen LogP contribution in [0.15, 0.2) is 12.4 Å². The van der Waals surface area contributed by atoms with Crippen LogP contribution in [0.4, 0.5) is 10.3 Å². The van der Waals surface area contributed by atoms with Crippen LogP contribution in [0.25, 0.3) is 0 Å². The van der Waals surface area contributed by atoms with Crippen molar-refractivity contribution >= 4 is 5.95 Å². The first-order valence-electron chi connectivity index (χ1n) is 5.72. The SMILES string of the molecule is NC1[C@@H]2CC[C@H]1CN(c1ncc(F)cn1)C2. The van der Waals surface area contributed by atoms with Crippen LogP contribution in [0.5, 0.6) is 0 Å². The van der Waals surface area contributed by atoms with Gasteiger partial charge < -0.3 is 10.6 Å². The molecule has 1 aromatic rings. The van der Waals surface area contributed by atoms with Crippen LogP contribution in [0.2, 0.25) is 0 Å². The molecule has 2 bridgehead atoms. The van der Waals surface area contributed by atoms with Gasteiger partial charge >= 0.3 is 0 Å². The smallest absolute Gasteiger partial charge is 0.225 e. The van der Waals surface area contributed by atoms with Gasteiger partial charge in [0.1, 0.15) is 0 Å². The van der Waals surface area contributed by atoms with Gasteiger partial charge in [-0.1, -0.05) is 0 Å². The summed E-state index contributed by atoms with van der Waals surface area (Å²) in [6.07, 6.45) is 4.84. The Morgan fingerprint density at radius 2 is 1.75 bits per heavy atom. The standard InChI is InChI=1S/C11H15FN4/c12-9-3-14-11(15-4-9)16-5-7-1-2-8(6-16)10(7)13/h3-4,7-8,10H,1-2,5-6,13H2/t7-,8+,10?. The first-order valence-corrected chi connectivity index (χ1v) is 5.72. The van der Waals surface area contributed by atoms with Gasteiger partial charge in [-0.25, -0.2) is 14.4 Å². The third-order valence-corrected chi connectivity index (χ3v) is 3.80. The van der Waals surface area contributed by atoms with E-state index in [0.717, 1.165) is 13.1 Å². The average Bonchev–Trinajstić information content (AvgIpc) is 2.54. The molecule has 1 aromatic heterocycles. The number of rotatable bonds is 1. The number of aromatic nitrogens is 2. The molecule has 16 heavy (non-hydrogen) atoms. The molecule has 0 aromatic carbocycles. The molecule has 5 heteroatoms. The van der Waals surface area contributed by atoms with Crippen molar-refractivity contribution in [3.05, 3.63) is 18.2 Å². The lowest BCUT2D eigenvalue weighted by atomic mass is 9.93. The van der Waals surface area contributed by atoms with Crippen molar-refractivity contribution in [2.75, 3.05) is 18.0 Å². The monoisotopic (exact) mass is 222 g/mol. The molecule has 1 saturated heterocycles. The van der Waals surface area contributed by atoms with Gasteiger partial charge in [-0.2, -0.15) is 0 Å². The van der Waals surface area contributed by atoms with Gasteiger partial charge in [0.2, 0.25) is 5.95 Å². The van der Waals surface area contributed by atoms with Crippen LogP contribution in [-0.2, 0) is 0 Å². The normalized spacial score (nSPS) is 33.1. The molecule has 3 rings (SSSR count). The highest BCUT2D eigenvalue weighted by Crippen LogP contribution is 2.36. The summed E-state index contributed by atoms with van der Waals surface area (Å²) in [5.74, 6) is 1.34. The molecular formula is C11H15FN4. The van der Waals surface area contributed by atoms with Crippen molar-refractivity contribution < 1.29 is 4.39 Å². The van der Waals surface area contributed by atoms with E-state index >= 15 is 0 Å². The lowest BCUT2D eigenvalue weighted by Gasteiger charge is -2.36. The number of nitrogens with zero attached hydrogens (tertiary/aromatic N) is 3. The van der Waals surface area contributed by atoms with E-state index in [0.29, 0.717) is 23.8 Å². The summed E-state index contributed by atoms with van der Waals surface area (Å²) in [4.78, 5) is 10.2. The van der Waals surface area contributed by atoms with E-state index in [-0.39, 0.29) is 5.82 Å². The largest absolute Gasteiger partial charge is 0.340 e. The third-order valence-electron chi connectivity index (χ3n) is 3.80. The number of halogens is 1. The quantitative estimate of drug-likeness (QED) is 0.763. The number of nitrogens with two attached hydrogens (primary N) is 1. The zero-order chi connectivity index (χ0) is 11.1. The van der Waals surface area contributed by atoms with Crippen LogP contribution >= 0.6 is 0 Å². The summed E-state index contributed by atoms with van der Waals surface area (Å²) in [6, 6.07) is 0.330. The lowest BCUT2D eigenvalue weighted by Crippen LogP contribution is -2.49. The van der Waals surface area contributed by atoms with E-state index in [9.17, 15) is 4.39 Å². The molecule has 2 N–H and O–H groups in total. The second-order valence-corrected chi connectivity index (χ2v) is 4.78. The van der Waals surface area contributed by atoms with Gasteiger partial charge in [0.15, 0.2) is 5.82 Å². The number of piperidine rings is 1. The molecule has 1 aliphatic carbocycles. The summed E-state index contributed by atoms with van der Waals surface area (Å²) >= 11 is 0. The van der Waals surface area contributed by atoms with Gasteiger partial charge in [0.25, 0.3) is 0 Å². The van der Waals surface area contributed by atoms with Crippen LogP contribution in [0.1, 0.15) is 12.8 Å². The third kappa shape index (κ3) is 1.55. The Kier molecular flexibility index (Phi) is 2.28. The van der Waals surface area contributed by atoms with Crippen LogP contribution in [0, 0.1) is 17.7 Å². The van der Waals surface area contributed by atoms with Crippen molar-refractivity contribution in [1.29, 1.82) is 0 Å². The summed E-state index contributed by atoms with van der Waals surface area (Å²) < 4.78 is 12.7. The highest BCUT2D eigenvalue weighted by molar-refractivity contribution is 5.31. The van der Waals surface area contributed by atoms with E-state index in [1.54, 1.807) is 0 Å². The molecule has 1 unspecified atom stereocenters. The molecule has 86 valence electrons. The summed E-state index contributed by atoms with van der Waals surface area (Å²) in [5.41, 5.74) is 6.12. The minimum absolute atomic E-state index is 0.330. The predicted molar refractivity (Wildman–Crippen MR) is 58.4 cm³/mol. The van der Waals surface area contributed by atoms with E-state index in [1.807, 2.05) is 0 Å². The molecule has 4 nitrogen and oxygen atoms in total. The predicted octanol–water partition coefficient (Wildman–Crippen LogP) is 0.789. The van der Waals surface area contributed by atoms with Crippen molar-refractivity contribution in [2.45, 2.75) is 18.9 Å². The maximum absolute atomic E-state index is 12.7. The molecule has 0 amide bonds. The van der Waals surface area contributed by atoms with Gasteiger partial charge in [0.05, 0.1) is 12.4 Å².